The first-order valence-electron chi connectivity index (χ1n) is 6.66. The first-order chi connectivity index (χ1) is 10.6. The molecule has 3 N–H and O–H groups in total. The molecular weight excluding hydrogens is 445 g/mol. The number of thioether (sulfide) groups is 1. The molecule has 0 saturated carbocycles. The van der Waals surface area contributed by atoms with Crippen LogP contribution in [0.15, 0.2) is 52.4 Å². The molecule has 0 aliphatic heterocycles. The summed E-state index contributed by atoms with van der Waals surface area (Å²) in [5.74, 6) is 0.965. The van der Waals surface area contributed by atoms with E-state index in [0.717, 1.165) is 11.3 Å². The molecule has 0 amide bonds. The summed E-state index contributed by atoms with van der Waals surface area (Å²) in [7, 11) is 1.58. The normalized spacial score (nSPS) is 10.8. The van der Waals surface area contributed by atoms with Crippen LogP contribution in [0.3, 0.4) is 0 Å². The number of hydrogen-bond acceptors (Lipinski definition) is 3. The van der Waals surface area contributed by atoms with Crippen molar-refractivity contribution >= 4 is 59.0 Å². The van der Waals surface area contributed by atoms with Gasteiger partial charge in [-0.05, 0) is 42.2 Å². The highest BCUT2D eigenvalue weighted by Gasteiger charge is 2.02. The predicted molar refractivity (Wildman–Crippen MR) is 111 cm³/mol. The maximum absolute atomic E-state index is 6.07. The average Bonchev–Trinajstić information content (AvgIpc) is 2.53. The highest BCUT2D eigenvalue weighted by atomic mass is 127. The van der Waals surface area contributed by atoms with Crippen molar-refractivity contribution in [2.45, 2.75) is 11.4 Å². The Balaban J connectivity index is 0.00000264. The Kier molecular flexibility index (Phi) is 8.57. The lowest BCUT2D eigenvalue weighted by Crippen LogP contribution is -2.22. The minimum atomic E-state index is 0. The molecule has 2 aromatic carbocycles. The SMILES string of the molecule is COc1ccc(NC(N)=NCc2ccc(SC)cc2)cc1Cl.I. The molecule has 0 spiro atoms. The first-order valence-corrected chi connectivity index (χ1v) is 8.26. The van der Waals surface area contributed by atoms with Crippen molar-refractivity contribution in [2.75, 3.05) is 18.7 Å². The molecule has 7 heteroatoms. The van der Waals surface area contributed by atoms with Gasteiger partial charge in [0.25, 0.3) is 0 Å². The Bertz CT molecular complexity index is 665. The van der Waals surface area contributed by atoms with Crippen LogP contribution in [0.4, 0.5) is 5.69 Å². The standard InChI is InChI=1S/C16H18ClN3OS.HI/c1-21-15-8-5-12(9-14(15)17)20-16(18)19-10-11-3-6-13(22-2)7-4-11;/h3-9H,10H2,1-2H3,(H3,18,19,20);1H. The molecule has 0 fully saturated rings. The van der Waals surface area contributed by atoms with Gasteiger partial charge in [0.2, 0.25) is 0 Å². The Hall–Kier alpha value is -1.12. The number of hydrogen-bond donors (Lipinski definition) is 2. The topological polar surface area (TPSA) is 59.6 Å². The molecule has 0 unspecified atom stereocenters. The second-order valence-corrected chi connectivity index (χ2v) is 5.81. The molecule has 0 aliphatic carbocycles. The molecule has 0 heterocycles. The van der Waals surface area contributed by atoms with E-state index in [1.807, 2.05) is 18.2 Å². The third-order valence-electron chi connectivity index (χ3n) is 3.02. The second kappa shape index (κ2) is 9.89. The Morgan fingerprint density at radius 1 is 1.26 bits per heavy atom. The third kappa shape index (κ3) is 6.12. The van der Waals surface area contributed by atoms with E-state index in [1.54, 1.807) is 31.0 Å². The van der Waals surface area contributed by atoms with Crippen LogP contribution >= 0.6 is 47.3 Å². The number of anilines is 1. The molecule has 0 atom stereocenters. The summed E-state index contributed by atoms with van der Waals surface area (Å²) >= 11 is 7.78. The molecule has 2 aromatic rings. The lowest BCUT2D eigenvalue weighted by molar-refractivity contribution is 0.415. The van der Waals surface area contributed by atoms with Gasteiger partial charge < -0.3 is 15.8 Å². The molecule has 124 valence electrons. The number of nitrogens with zero attached hydrogens (tertiary/aromatic N) is 1. The molecule has 4 nitrogen and oxygen atoms in total. The van der Waals surface area contributed by atoms with Crippen molar-refractivity contribution in [2.24, 2.45) is 10.7 Å². The van der Waals surface area contributed by atoms with Crippen LogP contribution in [0.2, 0.25) is 5.02 Å². The molecule has 0 aliphatic rings. The number of methoxy groups -OCH3 is 1. The maximum atomic E-state index is 6.07. The highest BCUT2D eigenvalue weighted by Crippen LogP contribution is 2.27. The Labute approximate surface area is 162 Å². The van der Waals surface area contributed by atoms with E-state index in [4.69, 9.17) is 22.1 Å². The maximum Gasteiger partial charge on any atom is 0.193 e. The lowest BCUT2D eigenvalue weighted by atomic mass is 10.2. The number of halogens is 2. The molecule has 0 bridgehead atoms. The molecule has 0 aromatic heterocycles. The zero-order valence-electron chi connectivity index (χ0n) is 12.9. The van der Waals surface area contributed by atoms with Crippen molar-refractivity contribution in [1.29, 1.82) is 0 Å². The largest absolute Gasteiger partial charge is 0.495 e. The van der Waals surface area contributed by atoms with Gasteiger partial charge in [-0.3, -0.25) is 0 Å². The number of nitrogens with one attached hydrogen (secondary N) is 1. The van der Waals surface area contributed by atoms with Gasteiger partial charge in [0.05, 0.1) is 18.7 Å². The Morgan fingerprint density at radius 3 is 2.52 bits per heavy atom. The van der Waals surface area contributed by atoms with Crippen molar-refractivity contribution in [3.05, 3.63) is 53.1 Å². The Morgan fingerprint density at radius 2 is 1.96 bits per heavy atom. The van der Waals surface area contributed by atoms with Gasteiger partial charge in [0.1, 0.15) is 5.75 Å². The van der Waals surface area contributed by atoms with E-state index < -0.39 is 0 Å². The average molecular weight is 464 g/mol. The number of benzene rings is 2. The van der Waals surface area contributed by atoms with Crippen LogP contribution < -0.4 is 15.8 Å². The summed E-state index contributed by atoms with van der Waals surface area (Å²) in [6.07, 6.45) is 2.05. The quantitative estimate of drug-likeness (QED) is 0.294. The highest BCUT2D eigenvalue weighted by molar-refractivity contribution is 14.0. The summed E-state index contributed by atoms with van der Waals surface area (Å²) in [5, 5.41) is 3.53. The minimum absolute atomic E-state index is 0. The van der Waals surface area contributed by atoms with Crippen LogP contribution in [-0.2, 0) is 6.54 Å². The summed E-state index contributed by atoms with van der Waals surface area (Å²) in [4.78, 5) is 5.55. The van der Waals surface area contributed by atoms with Crippen LogP contribution in [-0.4, -0.2) is 19.3 Å². The number of aliphatic imine (C=N–C) groups is 1. The molecule has 23 heavy (non-hydrogen) atoms. The monoisotopic (exact) mass is 463 g/mol. The van der Waals surface area contributed by atoms with Crippen LogP contribution in [0.1, 0.15) is 5.56 Å². The van der Waals surface area contributed by atoms with Crippen LogP contribution in [0.5, 0.6) is 5.75 Å². The zero-order valence-corrected chi connectivity index (χ0v) is 16.8. The predicted octanol–water partition coefficient (Wildman–Crippen LogP) is 4.62. The second-order valence-electron chi connectivity index (χ2n) is 4.52. The van der Waals surface area contributed by atoms with Gasteiger partial charge in [0, 0.05) is 10.6 Å². The summed E-state index contributed by atoms with van der Waals surface area (Å²) in [6.45, 7) is 0.525. The van der Waals surface area contributed by atoms with E-state index in [-0.39, 0.29) is 24.0 Å². The molecular formula is C16H19ClIN3OS. The smallest absolute Gasteiger partial charge is 0.193 e. The molecule has 0 saturated heterocycles. The van der Waals surface area contributed by atoms with E-state index >= 15 is 0 Å². The van der Waals surface area contributed by atoms with Gasteiger partial charge in [-0.15, -0.1) is 35.7 Å². The van der Waals surface area contributed by atoms with E-state index in [9.17, 15) is 0 Å². The fourth-order valence-electron chi connectivity index (χ4n) is 1.84. The number of ether oxygens (including phenoxy) is 1. The molecule has 0 radical (unpaired) electrons. The van der Waals surface area contributed by atoms with E-state index in [2.05, 4.69) is 28.7 Å². The molecule has 2 rings (SSSR count). The van der Waals surface area contributed by atoms with Gasteiger partial charge >= 0.3 is 0 Å². The van der Waals surface area contributed by atoms with Crippen molar-refractivity contribution < 1.29 is 4.74 Å². The van der Waals surface area contributed by atoms with Crippen LogP contribution in [0, 0.1) is 0 Å². The first kappa shape index (κ1) is 19.9. The third-order valence-corrected chi connectivity index (χ3v) is 4.05. The number of guanidine groups is 1. The van der Waals surface area contributed by atoms with Gasteiger partial charge in [-0.1, -0.05) is 23.7 Å². The minimum Gasteiger partial charge on any atom is -0.495 e. The van der Waals surface area contributed by atoms with Gasteiger partial charge in [-0.25, -0.2) is 4.99 Å². The number of rotatable bonds is 5. The fourth-order valence-corrected chi connectivity index (χ4v) is 2.50. The van der Waals surface area contributed by atoms with E-state index in [0.29, 0.717) is 23.3 Å². The number of nitrogens with two attached hydrogens (primary N) is 1. The fraction of sp³-hybridized carbons (Fsp3) is 0.188. The van der Waals surface area contributed by atoms with Crippen molar-refractivity contribution in [3.63, 3.8) is 0 Å². The summed E-state index contributed by atoms with van der Waals surface area (Å²) in [5.41, 5.74) is 7.77. The van der Waals surface area contributed by atoms with Crippen molar-refractivity contribution in [1.82, 2.24) is 0 Å². The van der Waals surface area contributed by atoms with Gasteiger partial charge in [0.15, 0.2) is 5.96 Å². The van der Waals surface area contributed by atoms with Crippen molar-refractivity contribution in [3.8, 4) is 5.75 Å². The summed E-state index contributed by atoms with van der Waals surface area (Å²) < 4.78 is 5.11. The van der Waals surface area contributed by atoms with E-state index in [1.165, 1.54) is 4.90 Å². The zero-order chi connectivity index (χ0) is 15.9. The van der Waals surface area contributed by atoms with Gasteiger partial charge in [-0.2, -0.15) is 0 Å². The van der Waals surface area contributed by atoms with Crippen LogP contribution in [0.25, 0.3) is 0 Å². The lowest BCUT2D eigenvalue weighted by Gasteiger charge is -2.08. The summed E-state index contributed by atoms with van der Waals surface area (Å²) in [6, 6.07) is 13.6.